The lowest BCUT2D eigenvalue weighted by Gasteiger charge is -2.30. The van der Waals surface area contributed by atoms with Gasteiger partial charge in [0, 0.05) is 53.1 Å². The molecule has 2 aromatic carbocycles. The smallest absolute Gasteiger partial charge is 0.263 e. The van der Waals surface area contributed by atoms with Gasteiger partial charge in [0.25, 0.3) is 5.56 Å². The molecule has 2 unspecified atom stereocenters. The summed E-state index contributed by atoms with van der Waals surface area (Å²) in [6, 6.07) is 16.7. The Morgan fingerprint density at radius 2 is 1.83 bits per heavy atom. The number of carbonyl (C=O) groups excluding carboxylic acids is 1. The number of hydrogen-bond acceptors (Lipinski definition) is 9. The van der Waals surface area contributed by atoms with E-state index in [1.807, 2.05) is 62.4 Å². The minimum Gasteiger partial charge on any atom is -0.489 e. The number of rotatable bonds is 10. The number of likely N-dealkylation sites (tertiary alicyclic amines) is 1. The molecule has 0 amide bonds. The van der Waals surface area contributed by atoms with Crippen LogP contribution in [0.3, 0.4) is 0 Å². The zero-order valence-corrected chi connectivity index (χ0v) is 27.4. The van der Waals surface area contributed by atoms with Crippen molar-refractivity contribution < 1.29 is 18.5 Å². The van der Waals surface area contributed by atoms with Gasteiger partial charge in [0.15, 0.2) is 5.78 Å². The summed E-state index contributed by atoms with van der Waals surface area (Å²) < 4.78 is 25.8. The van der Waals surface area contributed by atoms with Crippen molar-refractivity contribution in [3.63, 3.8) is 0 Å². The Balaban J connectivity index is 1.30. The van der Waals surface area contributed by atoms with Crippen molar-refractivity contribution in [1.29, 1.82) is 0 Å². The topological polar surface area (TPSA) is 116 Å². The van der Waals surface area contributed by atoms with Crippen molar-refractivity contribution in [3.05, 3.63) is 82.3 Å². The molecule has 10 nitrogen and oxygen atoms in total. The van der Waals surface area contributed by atoms with E-state index >= 15 is 0 Å². The summed E-state index contributed by atoms with van der Waals surface area (Å²) >= 11 is 0. The van der Waals surface area contributed by atoms with Crippen molar-refractivity contribution in [2.45, 2.75) is 62.3 Å². The Kier molecular flexibility index (Phi) is 9.91. The number of aromatic nitrogens is 3. The molecule has 0 saturated carbocycles. The second-order valence-electron chi connectivity index (χ2n) is 12.5. The monoisotopic (exact) mass is 643 g/mol. The molecule has 4 heterocycles. The molecule has 0 aliphatic carbocycles. The molecule has 2 aliphatic rings. The number of carbonyl (C=O) groups is 1. The summed E-state index contributed by atoms with van der Waals surface area (Å²) in [4.78, 5) is 39.9. The van der Waals surface area contributed by atoms with Crippen LogP contribution < -0.4 is 15.6 Å². The van der Waals surface area contributed by atoms with Crippen LogP contribution in [0.2, 0.25) is 0 Å². The average Bonchev–Trinajstić information content (AvgIpc) is 3.07. The van der Waals surface area contributed by atoms with E-state index in [1.54, 1.807) is 16.8 Å². The minimum absolute atomic E-state index is 0.00412. The number of nitrogens with zero attached hydrogens (tertiary/aromatic N) is 4. The van der Waals surface area contributed by atoms with Gasteiger partial charge in [-0.05, 0) is 87.3 Å². The van der Waals surface area contributed by atoms with Gasteiger partial charge in [-0.2, -0.15) is 4.98 Å². The molecular weight excluding hydrogens is 602 g/mol. The van der Waals surface area contributed by atoms with Crippen molar-refractivity contribution >= 4 is 39.3 Å². The number of hydrogen-bond donors (Lipinski definition) is 1. The highest BCUT2D eigenvalue weighted by molar-refractivity contribution is 7.85. The van der Waals surface area contributed by atoms with E-state index in [-0.39, 0.29) is 35.2 Å². The molecule has 242 valence electrons. The molecule has 11 heteroatoms. The van der Waals surface area contributed by atoms with E-state index in [9.17, 15) is 13.8 Å². The van der Waals surface area contributed by atoms with E-state index in [1.165, 1.54) is 0 Å². The van der Waals surface area contributed by atoms with Gasteiger partial charge in [-0.25, -0.2) is 4.98 Å². The minimum atomic E-state index is -1.12. The first-order valence-corrected chi connectivity index (χ1v) is 17.2. The van der Waals surface area contributed by atoms with Crippen molar-refractivity contribution in [2.24, 2.45) is 5.92 Å². The molecule has 2 fully saturated rings. The Labute approximate surface area is 271 Å². The number of fused-ring (bicyclic) bond motifs is 1. The van der Waals surface area contributed by atoms with Gasteiger partial charge in [-0.3, -0.25) is 18.4 Å². The second-order valence-corrected chi connectivity index (χ2v) is 14.5. The number of benzene rings is 2. The Morgan fingerprint density at radius 1 is 1.09 bits per heavy atom. The number of anilines is 2. The predicted octanol–water partition coefficient (Wildman–Crippen LogP) is 5.18. The third-order valence-electron chi connectivity index (χ3n) is 8.60. The lowest BCUT2D eigenvalue weighted by atomic mass is 9.91. The number of nitrogens with one attached hydrogen (secondary N) is 1. The maximum Gasteiger partial charge on any atom is 0.263 e. The van der Waals surface area contributed by atoms with Gasteiger partial charge in [0.1, 0.15) is 17.5 Å². The molecule has 6 rings (SSSR count). The van der Waals surface area contributed by atoms with Crippen LogP contribution >= 0.6 is 0 Å². The molecule has 2 aliphatic heterocycles. The Hall–Kier alpha value is -3.93. The van der Waals surface area contributed by atoms with Crippen LogP contribution in [0.25, 0.3) is 11.0 Å². The Bertz CT molecular complexity index is 1770. The third kappa shape index (κ3) is 7.37. The molecular formula is C35H41N5O5S. The van der Waals surface area contributed by atoms with E-state index in [4.69, 9.17) is 14.5 Å². The molecule has 2 saturated heterocycles. The van der Waals surface area contributed by atoms with E-state index in [0.717, 1.165) is 47.8 Å². The van der Waals surface area contributed by atoms with Crippen LogP contribution in [0.4, 0.5) is 11.6 Å². The van der Waals surface area contributed by atoms with Crippen LogP contribution in [0.15, 0.2) is 70.5 Å². The van der Waals surface area contributed by atoms with Crippen LogP contribution in [-0.4, -0.2) is 74.1 Å². The van der Waals surface area contributed by atoms with Crippen molar-refractivity contribution in [2.75, 3.05) is 38.7 Å². The highest BCUT2D eigenvalue weighted by Gasteiger charge is 2.27. The SMILES string of the molecule is CC(C)S(=O)c1ccc(Cn2c(=O)c(C(=O)C3CCOCC3)cc3cnc(Nc4ccc(OC5CCCN(C)C5)cc4)nc32)cc1. The summed E-state index contributed by atoms with van der Waals surface area (Å²) in [7, 11) is 0.995. The number of ketones is 1. The quantitative estimate of drug-likeness (QED) is 0.233. The number of Topliss-reactive ketones (excluding diaryl/α,β-unsaturated/α-hetero) is 1. The summed E-state index contributed by atoms with van der Waals surface area (Å²) in [6.07, 6.45) is 5.17. The molecule has 0 radical (unpaired) electrons. The molecule has 2 atom stereocenters. The molecule has 2 aromatic heterocycles. The van der Waals surface area contributed by atoms with Crippen molar-refractivity contribution in [3.8, 4) is 5.75 Å². The lowest BCUT2D eigenvalue weighted by molar-refractivity contribution is 0.0543. The van der Waals surface area contributed by atoms with Crippen LogP contribution in [0.1, 0.15) is 55.5 Å². The fourth-order valence-corrected chi connectivity index (χ4v) is 7.01. The van der Waals surface area contributed by atoms with Gasteiger partial charge in [0.2, 0.25) is 5.95 Å². The van der Waals surface area contributed by atoms with Crippen LogP contribution in [0.5, 0.6) is 5.75 Å². The van der Waals surface area contributed by atoms with Gasteiger partial charge < -0.3 is 19.7 Å². The third-order valence-corrected chi connectivity index (χ3v) is 10.2. The molecule has 46 heavy (non-hydrogen) atoms. The van der Waals surface area contributed by atoms with Crippen molar-refractivity contribution in [1.82, 2.24) is 19.4 Å². The summed E-state index contributed by atoms with van der Waals surface area (Å²) in [5.74, 6) is 0.708. The van der Waals surface area contributed by atoms with Crippen LogP contribution in [0, 0.1) is 5.92 Å². The van der Waals surface area contributed by atoms with Crippen LogP contribution in [-0.2, 0) is 22.1 Å². The second kappa shape index (κ2) is 14.2. The first kappa shape index (κ1) is 32.0. The molecule has 4 aromatic rings. The number of likely N-dealkylation sites (N-methyl/N-ethyl adjacent to an activating group) is 1. The predicted molar refractivity (Wildman–Crippen MR) is 180 cm³/mol. The van der Waals surface area contributed by atoms with E-state index in [0.29, 0.717) is 43.0 Å². The summed E-state index contributed by atoms with van der Waals surface area (Å²) in [6.45, 7) is 7.05. The standard InChI is InChI=1S/C35H41N5O5S/c1-23(2)46(43)30-12-6-24(7-13-30)21-40-33-26(19-31(34(40)42)32(41)25-14-17-44-18-15-25)20-36-35(38-33)37-27-8-10-28(11-9-27)45-29-5-4-16-39(3)22-29/h6-13,19-20,23,25,29H,4-5,14-18,21-22H2,1-3H3,(H,36,37,38). The largest absolute Gasteiger partial charge is 0.489 e. The first-order valence-electron chi connectivity index (χ1n) is 16.0. The van der Waals surface area contributed by atoms with E-state index in [2.05, 4.69) is 22.2 Å². The molecule has 1 N–H and O–H groups in total. The maximum absolute atomic E-state index is 14.0. The fraction of sp³-hybridized carbons (Fsp3) is 0.429. The Morgan fingerprint density at radius 3 is 2.52 bits per heavy atom. The average molecular weight is 644 g/mol. The zero-order chi connectivity index (χ0) is 32.2. The van der Waals surface area contributed by atoms with Gasteiger partial charge in [-0.15, -0.1) is 0 Å². The van der Waals surface area contributed by atoms with Gasteiger partial charge in [-0.1, -0.05) is 26.0 Å². The highest BCUT2D eigenvalue weighted by Crippen LogP contribution is 2.25. The van der Waals surface area contributed by atoms with Gasteiger partial charge in [0.05, 0.1) is 22.9 Å². The maximum atomic E-state index is 14.0. The van der Waals surface area contributed by atoms with E-state index < -0.39 is 16.4 Å². The summed E-state index contributed by atoms with van der Waals surface area (Å²) in [5.41, 5.74) is 1.78. The highest BCUT2D eigenvalue weighted by atomic mass is 32.2. The first-order chi connectivity index (χ1) is 22.2. The zero-order valence-electron chi connectivity index (χ0n) is 26.6. The number of pyridine rings is 1. The number of piperidine rings is 1. The summed E-state index contributed by atoms with van der Waals surface area (Å²) in [5, 5.41) is 3.84. The molecule has 0 spiro atoms. The normalized spacial score (nSPS) is 18.5. The molecule has 0 bridgehead atoms. The lowest BCUT2D eigenvalue weighted by Crippen LogP contribution is -2.38. The number of ether oxygens (including phenoxy) is 2. The fourth-order valence-electron chi connectivity index (χ4n) is 6.06. The van der Waals surface area contributed by atoms with Gasteiger partial charge >= 0.3 is 0 Å².